The van der Waals surface area contributed by atoms with Crippen LogP contribution in [-0.4, -0.2) is 26.0 Å². The second kappa shape index (κ2) is 16.1. The molecule has 0 fully saturated rings. The molecule has 0 aliphatic rings. The van der Waals surface area contributed by atoms with Gasteiger partial charge >= 0.3 is 5.97 Å². The molecule has 174 valence electrons. The maximum atomic E-state index is 12.8. The van der Waals surface area contributed by atoms with Crippen LogP contribution in [0.4, 0.5) is 5.69 Å². The number of nitrogens with zero attached hydrogens (tertiary/aromatic N) is 1. The number of rotatable bonds is 4. The van der Waals surface area contributed by atoms with Gasteiger partial charge in [0.25, 0.3) is 0 Å². The number of hydrogen-bond acceptors (Lipinski definition) is 3. The molecule has 0 spiro atoms. The van der Waals surface area contributed by atoms with E-state index in [1.54, 1.807) is 11.9 Å². The van der Waals surface area contributed by atoms with Gasteiger partial charge in [0.2, 0.25) is 5.91 Å². The summed E-state index contributed by atoms with van der Waals surface area (Å²) in [4.78, 5) is 26.8. The van der Waals surface area contributed by atoms with Crippen molar-refractivity contribution in [2.45, 2.75) is 75.7 Å². The molecule has 2 aromatic rings. The number of ether oxygens (including phenoxy) is 1. The predicted octanol–water partition coefficient (Wildman–Crippen LogP) is 6.99. The number of carbonyl (C=O) groups excluding carboxylic acids is 2. The van der Waals surface area contributed by atoms with E-state index in [-0.39, 0.29) is 12.3 Å². The van der Waals surface area contributed by atoms with E-state index in [9.17, 15) is 9.59 Å². The van der Waals surface area contributed by atoms with Crippen molar-refractivity contribution in [3.63, 3.8) is 0 Å². The fraction of sp³-hybridized carbons (Fsp3) is 0.481. The Morgan fingerprint density at radius 3 is 1.68 bits per heavy atom. The molecule has 0 saturated heterocycles. The minimum absolute atomic E-state index is 0.0675. The number of likely N-dealkylation sites (N-methyl/N-ethyl adjacent to an activating group) is 1. The molecule has 4 heteroatoms. The number of carbonyl (C=O) groups is 2. The van der Waals surface area contributed by atoms with Crippen LogP contribution in [-0.2, 0) is 16.0 Å². The summed E-state index contributed by atoms with van der Waals surface area (Å²) in [5, 5.41) is 0. The molecule has 0 aliphatic carbocycles. The number of methoxy groups -OCH3 is 1. The number of hydrogen-bond donors (Lipinski definition) is 0. The quantitative estimate of drug-likeness (QED) is 0.492. The van der Waals surface area contributed by atoms with Crippen LogP contribution in [0.1, 0.15) is 79.7 Å². The molecule has 0 aliphatic heterocycles. The topological polar surface area (TPSA) is 46.6 Å². The molecule has 31 heavy (non-hydrogen) atoms. The summed E-state index contributed by atoms with van der Waals surface area (Å²) in [6, 6.07) is 9.59. The van der Waals surface area contributed by atoms with Crippen molar-refractivity contribution in [3.05, 3.63) is 63.7 Å². The van der Waals surface area contributed by atoms with E-state index in [0.717, 1.165) is 27.8 Å². The number of benzene rings is 2. The van der Waals surface area contributed by atoms with Gasteiger partial charge in [-0.25, -0.2) is 4.79 Å². The smallest absolute Gasteiger partial charge is 0.340 e. The first-order chi connectivity index (χ1) is 14.8. The molecule has 4 nitrogen and oxygen atoms in total. The number of amides is 1. The van der Waals surface area contributed by atoms with Crippen LogP contribution >= 0.6 is 0 Å². The van der Waals surface area contributed by atoms with E-state index < -0.39 is 5.97 Å². The lowest BCUT2D eigenvalue weighted by Crippen LogP contribution is -2.31. The van der Waals surface area contributed by atoms with Crippen LogP contribution in [0.3, 0.4) is 0 Å². The molecular formula is C27H43NO3. The molecule has 0 atom stereocenters. The van der Waals surface area contributed by atoms with Gasteiger partial charge < -0.3 is 9.64 Å². The summed E-state index contributed by atoms with van der Waals surface area (Å²) in [7, 11) is 3.08. The van der Waals surface area contributed by atoms with Crippen molar-refractivity contribution in [2.75, 3.05) is 19.1 Å². The summed E-state index contributed by atoms with van der Waals surface area (Å²) in [6.45, 7) is 19.8. The Labute approximate surface area is 190 Å². The zero-order valence-corrected chi connectivity index (χ0v) is 21.8. The average Bonchev–Trinajstić information content (AvgIpc) is 2.83. The lowest BCUT2D eigenvalue weighted by Gasteiger charge is -2.26. The lowest BCUT2D eigenvalue weighted by molar-refractivity contribution is -0.117. The maximum Gasteiger partial charge on any atom is 0.340 e. The van der Waals surface area contributed by atoms with Crippen LogP contribution < -0.4 is 4.90 Å². The van der Waals surface area contributed by atoms with Crippen LogP contribution in [0.25, 0.3) is 0 Å². The van der Waals surface area contributed by atoms with Crippen LogP contribution in [0.5, 0.6) is 0 Å². The van der Waals surface area contributed by atoms with Crippen LogP contribution in [0, 0.1) is 27.7 Å². The minimum atomic E-state index is -0.418. The van der Waals surface area contributed by atoms with Gasteiger partial charge in [-0.1, -0.05) is 71.9 Å². The average molecular weight is 430 g/mol. The van der Waals surface area contributed by atoms with Crippen LogP contribution in [0.2, 0.25) is 0 Å². The third kappa shape index (κ3) is 7.86. The van der Waals surface area contributed by atoms with E-state index in [1.807, 2.05) is 99.6 Å². The van der Waals surface area contributed by atoms with Gasteiger partial charge in [-0.3, -0.25) is 4.79 Å². The molecule has 2 rings (SSSR count). The van der Waals surface area contributed by atoms with Gasteiger partial charge in [-0.15, -0.1) is 0 Å². The van der Waals surface area contributed by atoms with E-state index in [0.29, 0.717) is 11.3 Å². The summed E-state index contributed by atoms with van der Waals surface area (Å²) < 4.78 is 4.98. The second-order valence-corrected chi connectivity index (χ2v) is 6.33. The number of anilines is 1. The summed E-state index contributed by atoms with van der Waals surface area (Å²) in [6.07, 6.45) is 0.281. The van der Waals surface area contributed by atoms with Crippen molar-refractivity contribution in [3.8, 4) is 0 Å². The van der Waals surface area contributed by atoms with Crippen molar-refractivity contribution in [1.82, 2.24) is 0 Å². The zero-order valence-electron chi connectivity index (χ0n) is 21.8. The van der Waals surface area contributed by atoms with E-state index in [2.05, 4.69) is 0 Å². The van der Waals surface area contributed by atoms with E-state index in [1.165, 1.54) is 7.11 Å². The van der Waals surface area contributed by atoms with Gasteiger partial charge in [-0.05, 0) is 55.5 Å². The molecule has 0 saturated carbocycles. The van der Waals surface area contributed by atoms with Crippen molar-refractivity contribution in [1.29, 1.82) is 0 Å². The normalized spacial score (nSPS) is 9.03. The maximum absolute atomic E-state index is 12.8. The van der Waals surface area contributed by atoms with Crippen molar-refractivity contribution in [2.24, 2.45) is 0 Å². The molecule has 0 radical (unpaired) electrons. The SMILES string of the molecule is CC.CC.CC.COC(=O)c1c(C)c(C)c(C)c(C)c1N(C)C(=O)Cc1ccccc1. The third-order valence-corrected chi connectivity index (χ3v) is 4.95. The summed E-state index contributed by atoms with van der Waals surface area (Å²) >= 11 is 0. The second-order valence-electron chi connectivity index (χ2n) is 6.33. The lowest BCUT2D eigenvalue weighted by atomic mass is 9.91. The summed E-state index contributed by atoms with van der Waals surface area (Å²) in [5.41, 5.74) is 5.94. The van der Waals surface area contributed by atoms with Gasteiger partial charge in [-0.2, -0.15) is 0 Å². The van der Waals surface area contributed by atoms with Gasteiger partial charge in [0.05, 0.1) is 24.8 Å². The minimum Gasteiger partial charge on any atom is -0.465 e. The van der Waals surface area contributed by atoms with Gasteiger partial charge in [0.15, 0.2) is 0 Å². The Bertz CT molecular complexity index is 811. The Balaban J connectivity index is 0. The van der Waals surface area contributed by atoms with Gasteiger partial charge in [0, 0.05) is 7.05 Å². The highest BCUT2D eigenvalue weighted by molar-refractivity contribution is 6.05. The first-order valence-electron chi connectivity index (χ1n) is 11.3. The molecular weight excluding hydrogens is 386 g/mol. The van der Waals surface area contributed by atoms with E-state index in [4.69, 9.17) is 4.74 Å². The van der Waals surface area contributed by atoms with E-state index >= 15 is 0 Å². The Hall–Kier alpha value is -2.62. The number of esters is 1. The Kier molecular flexibility index (Phi) is 15.9. The molecule has 0 heterocycles. The highest BCUT2D eigenvalue weighted by Gasteiger charge is 2.26. The predicted molar refractivity (Wildman–Crippen MR) is 134 cm³/mol. The molecule has 0 N–H and O–H groups in total. The fourth-order valence-corrected chi connectivity index (χ4v) is 3.08. The molecule has 0 unspecified atom stereocenters. The first-order valence-corrected chi connectivity index (χ1v) is 11.3. The fourth-order valence-electron chi connectivity index (χ4n) is 3.08. The third-order valence-electron chi connectivity index (χ3n) is 4.95. The largest absolute Gasteiger partial charge is 0.465 e. The standard InChI is InChI=1S/C21H25NO3.3C2H6/c1-13-14(2)16(4)20(19(15(13)3)21(24)25-6)22(5)18(23)12-17-10-8-7-9-11-17;3*1-2/h7-11H,12H2,1-6H3;3*1-2H3. The Morgan fingerprint density at radius 1 is 0.774 bits per heavy atom. The summed E-state index contributed by atoms with van der Waals surface area (Å²) in [5.74, 6) is -0.486. The zero-order chi connectivity index (χ0) is 24.7. The molecule has 0 bridgehead atoms. The molecule has 0 aromatic heterocycles. The molecule has 1 amide bonds. The first kappa shape index (κ1) is 30.6. The highest BCUT2D eigenvalue weighted by atomic mass is 16.5. The highest BCUT2D eigenvalue weighted by Crippen LogP contribution is 2.34. The monoisotopic (exact) mass is 429 g/mol. The van der Waals surface area contributed by atoms with Gasteiger partial charge in [0.1, 0.15) is 0 Å². The molecule has 2 aromatic carbocycles. The van der Waals surface area contributed by atoms with Crippen molar-refractivity contribution < 1.29 is 14.3 Å². The Morgan fingerprint density at radius 2 is 1.23 bits per heavy atom. The van der Waals surface area contributed by atoms with Crippen molar-refractivity contribution >= 4 is 17.6 Å². The van der Waals surface area contributed by atoms with Crippen LogP contribution in [0.15, 0.2) is 30.3 Å².